The predicted octanol–water partition coefficient (Wildman–Crippen LogP) is 3.25. The number of nitrogens with one attached hydrogen (secondary N) is 1. The van der Waals surface area contributed by atoms with E-state index in [1.165, 1.54) is 12.1 Å². The highest BCUT2D eigenvalue weighted by molar-refractivity contribution is 7.91. The first-order valence-corrected chi connectivity index (χ1v) is 8.78. The maximum Gasteiger partial charge on any atom is 0.225 e. The molecule has 0 fully saturated rings. The summed E-state index contributed by atoms with van der Waals surface area (Å²) in [5.74, 6) is -1.20. The monoisotopic (exact) mass is 335 g/mol. The lowest BCUT2D eigenvalue weighted by Gasteiger charge is -2.08. The number of hydrogen-bond donors (Lipinski definition) is 1. The standard InChI is InChI=1S/C17H18FNO3S/c1-12-9-13(2)11-15(10-12)19-17(20)7-8-23(21,22)16-5-3-14(18)4-6-16/h3-6,9-11H,7-8H2,1-2H3,(H,19,20). The Kier molecular flexibility index (Phi) is 5.15. The second-order valence-corrected chi connectivity index (χ2v) is 7.56. The third-order valence-electron chi connectivity index (χ3n) is 3.28. The highest BCUT2D eigenvalue weighted by atomic mass is 32.2. The van der Waals surface area contributed by atoms with E-state index in [-0.39, 0.29) is 23.0 Å². The Morgan fingerprint density at radius 1 is 1.04 bits per heavy atom. The summed E-state index contributed by atoms with van der Waals surface area (Å²) in [4.78, 5) is 11.9. The van der Waals surface area contributed by atoms with Gasteiger partial charge in [-0.25, -0.2) is 12.8 Å². The largest absolute Gasteiger partial charge is 0.326 e. The summed E-state index contributed by atoms with van der Waals surface area (Å²) in [7, 11) is -3.61. The lowest BCUT2D eigenvalue weighted by molar-refractivity contribution is -0.115. The first-order chi connectivity index (χ1) is 10.8. The molecule has 0 radical (unpaired) electrons. The summed E-state index contributed by atoms with van der Waals surface area (Å²) in [6.45, 7) is 3.84. The molecule has 2 rings (SSSR count). The number of amides is 1. The fraction of sp³-hybridized carbons (Fsp3) is 0.235. The Balaban J connectivity index is 1.99. The van der Waals surface area contributed by atoms with Crippen molar-refractivity contribution in [1.29, 1.82) is 0 Å². The summed E-state index contributed by atoms with van der Waals surface area (Å²) in [5, 5.41) is 2.69. The van der Waals surface area contributed by atoms with Gasteiger partial charge in [0, 0.05) is 12.1 Å². The fourth-order valence-corrected chi connectivity index (χ4v) is 3.50. The zero-order valence-corrected chi connectivity index (χ0v) is 13.8. The van der Waals surface area contributed by atoms with E-state index < -0.39 is 15.7 Å². The van der Waals surface area contributed by atoms with Gasteiger partial charge in [0.2, 0.25) is 5.91 Å². The van der Waals surface area contributed by atoms with Crippen molar-refractivity contribution in [2.45, 2.75) is 25.2 Å². The molecule has 0 unspecified atom stereocenters. The predicted molar refractivity (Wildman–Crippen MR) is 87.6 cm³/mol. The van der Waals surface area contributed by atoms with Crippen LogP contribution in [0.1, 0.15) is 17.5 Å². The van der Waals surface area contributed by atoms with Gasteiger partial charge in [0.25, 0.3) is 0 Å². The van der Waals surface area contributed by atoms with Crippen LogP contribution in [0.25, 0.3) is 0 Å². The number of anilines is 1. The molecular formula is C17H18FNO3S. The molecule has 2 aromatic carbocycles. The van der Waals surface area contributed by atoms with Crippen LogP contribution in [0.5, 0.6) is 0 Å². The van der Waals surface area contributed by atoms with E-state index in [4.69, 9.17) is 0 Å². The van der Waals surface area contributed by atoms with Crippen molar-refractivity contribution < 1.29 is 17.6 Å². The second kappa shape index (κ2) is 6.91. The summed E-state index contributed by atoms with van der Waals surface area (Å²) in [6.07, 6.45) is -0.160. The molecule has 23 heavy (non-hydrogen) atoms. The van der Waals surface area contributed by atoms with E-state index in [0.29, 0.717) is 5.69 Å². The quantitative estimate of drug-likeness (QED) is 0.853. The number of carbonyl (C=O) groups excluding carboxylic acids is 1. The maximum atomic E-state index is 12.8. The van der Waals surface area contributed by atoms with Crippen molar-refractivity contribution in [2.24, 2.45) is 0 Å². The minimum Gasteiger partial charge on any atom is -0.326 e. The Morgan fingerprint density at radius 2 is 1.61 bits per heavy atom. The van der Waals surface area contributed by atoms with Crippen LogP contribution in [0.15, 0.2) is 47.4 Å². The number of halogens is 1. The van der Waals surface area contributed by atoms with Gasteiger partial charge in [-0.3, -0.25) is 4.79 Å². The van der Waals surface area contributed by atoms with Crippen LogP contribution < -0.4 is 5.32 Å². The molecule has 0 aliphatic carbocycles. The van der Waals surface area contributed by atoms with Crippen LogP contribution in [0, 0.1) is 19.7 Å². The topological polar surface area (TPSA) is 63.2 Å². The zero-order chi connectivity index (χ0) is 17.0. The second-order valence-electron chi connectivity index (χ2n) is 5.45. The third kappa shape index (κ3) is 4.89. The molecule has 0 bridgehead atoms. The molecular weight excluding hydrogens is 317 g/mol. The van der Waals surface area contributed by atoms with Crippen LogP contribution >= 0.6 is 0 Å². The lowest BCUT2D eigenvalue weighted by atomic mass is 10.1. The third-order valence-corrected chi connectivity index (χ3v) is 5.01. The Bertz CT molecular complexity index is 794. The highest BCUT2D eigenvalue weighted by Gasteiger charge is 2.16. The summed E-state index contributed by atoms with van der Waals surface area (Å²) in [5.41, 5.74) is 2.67. The lowest BCUT2D eigenvalue weighted by Crippen LogP contribution is -2.17. The number of benzene rings is 2. The number of carbonyl (C=O) groups is 1. The molecule has 0 heterocycles. The Labute approximate surface area is 135 Å². The van der Waals surface area contributed by atoms with E-state index in [2.05, 4.69) is 5.32 Å². The van der Waals surface area contributed by atoms with Gasteiger partial charge < -0.3 is 5.32 Å². The van der Waals surface area contributed by atoms with Crippen LogP contribution in [0.4, 0.5) is 10.1 Å². The number of rotatable bonds is 5. The summed E-state index contributed by atoms with van der Waals surface area (Å²) in [6, 6.07) is 10.2. The number of hydrogen-bond acceptors (Lipinski definition) is 3. The SMILES string of the molecule is Cc1cc(C)cc(NC(=O)CCS(=O)(=O)c2ccc(F)cc2)c1. The molecule has 122 valence electrons. The van der Waals surface area contributed by atoms with Crippen LogP contribution in [0.3, 0.4) is 0 Å². The number of sulfone groups is 1. The van der Waals surface area contributed by atoms with E-state index in [1.807, 2.05) is 32.0 Å². The van der Waals surface area contributed by atoms with Crippen molar-refractivity contribution in [3.8, 4) is 0 Å². The van der Waals surface area contributed by atoms with Gasteiger partial charge in [-0.1, -0.05) is 6.07 Å². The Hall–Kier alpha value is -2.21. The molecule has 1 N–H and O–H groups in total. The van der Waals surface area contributed by atoms with Crippen LogP contribution in [-0.2, 0) is 14.6 Å². The molecule has 2 aromatic rings. The summed E-state index contributed by atoms with van der Waals surface area (Å²) < 4.78 is 37.0. The minimum atomic E-state index is -3.61. The molecule has 0 saturated carbocycles. The van der Waals surface area contributed by atoms with E-state index in [9.17, 15) is 17.6 Å². The fourth-order valence-electron chi connectivity index (χ4n) is 2.26. The van der Waals surface area contributed by atoms with Crippen molar-refractivity contribution >= 4 is 21.4 Å². The van der Waals surface area contributed by atoms with Crippen molar-refractivity contribution in [1.82, 2.24) is 0 Å². The maximum absolute atomic E-state index is 12.8. The van der Waals surface area contributed by atoms with Crippen molar-refractivity contribution in [2.75, 3.05) is 11.1 Å². The first-order valence-electron chi connectivity index (χ1n) is 7.13. The van der Waals surface area contributed by atoms with Gasteiger partial charge in [-0.2, -0.15) is 0 Å². The molecule has 4 nitrogen and oxygen atoms in total. The smallest absolute Gasteiger partial charge is 0.225 e. The normalized spacial score (nSPS) is 11.3. The molecule has 0 atom stereocenters. The minimum absolute atomic E-state index is 0.0121. The van der Waals surface area contributed by atoms with Gasteiger partial charge in [-0.05, 0) is 61.4 Å². The molecule has 0 aliphatic rings. The van der Waals surface area contributed by atoms with Gasteiger partial charge in [0.1, 0.15) is 5.82 Å². The molecule has 0 aromatic heterocycles. The molecule has 1 amide bonds. The van der Waals surface area contributed by atoms with Gasteiger partial charge in [-0.15, -0.1) is 0 Å². The molecule has 0 spiro atoms. The van der Waals surface area contributed by atoms with Crippen molar-refractivity contribution in [3.05, 3.63) is 59.4 Å². The van der Waals surface area contributed by atoms with Crippen molar-refractivity contribution in [3.63, 3.8) is 0 Å². The highest BCUT2D eigenvalue weighted by Crippen LogP contribution is 2.16. The van der Waals surface area contributed by atoms with E-state index >= 15 is 0 Å². The van der Waals surface area contributed by atoms with Crippen LogP contribution in [-0.4, -0.2) is 20.1 Å². The first kappa shape index (κ1) is 17.1. The molecule has 0 aliphatic heterocycles. The van der Waals surface area contributed by atoms with Gasteiger partial charge in [0.05, 0.1) is 10.6 Å². The van der Waals surface area contributed by atoms with Crippen LogP contribution in [0.2, 0.25) is 0 Å². The average Bonchev–Trinajstić information content (AvgIpc) is 2.44. The van der Waals surface area contributed by atoms with E-state index in [1.54, 1.807) is 0 Å². The van der Waals surface area contributed by atoms with E-state index in [0.717, 1.165) is 23.3 Å². The summed E-state index contributed by atoms with van der Waals surface area (Å²) >= 11 is 0. The molecule has 6 heteroatoms. The van der Waals surface area contributed by atoms with Gasteiger partial charge >= 0.3 is 0 Å². The average molecular weight is 335 g/mol. The molecule has 0 saturated heterocycles. The zero-order valence-electron chi connectivity index (χ0n) is 13.0. The van der Waals surface area contributed by atoms with Gasteiger partial charge in [0.15, 0.2) is 9.84 Å². The number of aryl methyl sites for hydroxylation is 2. The Morgan fingerprint density at radius 3 is 2.17 bits per heavy atom.